The number of hydrogen-bond donors (Lipinski definition) is 3. The van der Waals surface area contributed by atoms with Crippen molar-refractivity contribution in [2.24, 2.45) is 16.8 Å². The van der Waals surface area contributed by atoms with E-state index in [-0.39, 0.29) is 41.1 Å². The van der Waals surface area contributed by atoms with Gasteiger partial charge in [-0.05, 0) is 133 Å². The summed E-state index contributed by atoms with van der Waals surface area (Å²) in [6, 6.07) is 12.1. The minimum atomic E-state index is -0.599. The largest absolute Gasteiger partial charge is 0.453 e. The van der Waals surface area contributed by atoms with Crippen molar-refractivity contribution in [3.8, 4) is 22.4 Å². The van der Waals surface area contributed by atoms with Gasteiger partial charge in [-0.3, -0.25) is 14.6 Å². The second kappa shape index (κ2) is 19.6. The Hall–Kier alpha value is -5.46. The maximum atomic E-state index is 14.3. The van der Waals surface area contributed by atoms with Crippen molar-refractivity contribution in [1.82, 2.24) is 30.4 Å². The number of alkyl carbamates (subject to hydrolysis) is 2. The third kappa shape index (κ3) is 8.92. The van der Waals surface area contributed by atoms with Crippen LogP contribution < -0.4 is 10.6 Å². The van der Waals surface area contributed by atoms with Gasteiger partial charge >= 0.3 is 12.2 Å². The Labute approximate surface area is 395 Å². The standard InChI is InChI=1S/C54H69N7O6/c1-66-52(64)58-47(36-13-5-3-6-14-36)50(62)60-29-11-17-44(60)42-31-38(32-55-42)39-23-24-40(46-41(39)25-28-54(46)26-9-10-27-54)34-19-21-35(22-20-34)43-33-56-49(57-43)45-18-12-30-61(45)51(63)48(59-53(65)67-2)37-15-7-4-8-16-37/h19-24,32-33,36-37,44-45,47-48H,3-18,25-31H2,1-2H3,(H,56,57)(H,58,64)(H,59,65)/t44-,45-,47-,48-/m0/s1. The molecule has 0 unspecified atom stereocenters. The molecule has 3 N–H and O–H groups in total. The number of benzene rings is 2. The summed E-state index contributed by atoms with van der Waals surface area (Å²) in [7, 11) is 2.71. The van der Waals surface area contributed by atoms with Gasteiger partial charge in [-0.1, -0.05) is 87.8 Å². The molecule has 3 saturated carbocycles. The molecule has 0 radical (unpaired) electrons. The molecule has 0 bridgehead atoms. The number of aliphatic imine (C=N–C) groups is 1. The number of rotatable bonds is 11. The number of amides is 4. The molecule has 2 saturated heterocycles. The van der Waals surface area contributed by atoms with Crippen molar-refractivity contribution in [3.05, 3.63) is 71.3 Å². The molecule has 5 fully saturated rings. The average Bonchev–Trinajstić information content (AvgIpc) is 4.25. The first-order valence-electron chi connectivity index (χ1n) is 25.6. The second-order valence-electron chi connectivity index (χ2n) is 20.6. The van der Waals surface area contributed by atoms with E-state index in [1.807, 2.05) is 16.0 Å². The van der Waals surface area contributed by atoms with Crippen molar-refractivity contribution in [2.45, 2.75) is 164 Å². The number of aromatic nitrogens is 2. The van der Waals surface area contributed by atoms with Crippen LogP contribution in [0, 0.1) is 11.8 Å². The first-order chi connectivity index (χ1) is 32.7. The number of allylic oxidation sites excluding steroid dienone is 1. The number of ether oxygens (including phenoxy) is 2. The van der Waals surface area contributed by atoms with Gasteiger partial charge in [-0.25, -0.2) is 14.6 Å². The van der Waals surface area contributed by atoms with Crippen molar-refractivity contribution >= 4 is 35.3 Å². The van der Waals surface area contributed by atoms with Crippen molar-refractivity contribution in [1.29, 1.82) is 0 Å². The zero-order valence-corrected chi connectivity index (χ0v) is 39.6. The Morgan fingerprint density at radius 3 is 1.85 bits per heavy atom. The van der Waals surface area contributed by atoms with Gasteiger partial charge in [0.2, 0.25) is 11.8 Å². The Morgan fingerprint density at radius 1 is 0.672 bits per heavy atom. The fourth-order valence-corrected chi connectivity index (χ4v) is 13.5. The molecule has 4 amide bonds. The van der Waals surface area contributed by atoms with Crippen LogP contribution in [0.5, 0.6) is 0 Å². The van der Waals surface area contributed by atoms with Crippen molar-refractivity contribution < 1.29 is 28.7 Å². The van der Waals surface area contributed by atoms with Crippen molar-refractivity contribution in [2.75, 3.05) is 27.3 Å². The second-order valence-corrected chi connectivity index (χ2v) is 20.6. The summed E-state index contributed by atoms with van der Waals surface area (Å²) < 4.78 is 9.93. The Kier molecular flexibility index (Phi) is 13.3. The molecular weight excluding hydrogens is 843 g/mol. The number of carbonyl (C=O) groups excluding carboxylic acids is 4. The van der Waals surface area contributed by atoms with Crippen LogP contribution in [-0.2, 0) is 30.9 Å². The molecule has 4 aliphatic carbocycles. The molecule has 3 aromatic rings. The Bertz CT molecular complexity index is 2390. The van der Waals surface area contributed by atoms with Gasteiger partial charge in [-0.2, -0.15) is 0 Å². The molecule has 4 heterocycles. The molecular formula is C54H69N7O6. The van der Waals surface area contributed by atoms with Crippen LogP contribution >= 0.6 is 0 Å². The SMILES string of the molecule is COC(=O)N[C@H](C(=O)N1CCC[C@H]1C1=NC=C(c2ccc(-c3ccc(-c4cnc([C@@H]5CCCN5C(=O)[C@@H](NC(=O)OC)C5CCCCC5)[nH]4)cc3)c3c2CCC32CCCC2)C1)C1CCCCC1. The normalized spacial score (nSPS) is 23.7. The number of methoxy groups -OCH3 is 2. The molecule has 356 valence electrons. The fraction of sp³-hybridized carbons (Fsp3) is 0.593. The number of imidazole rings is 1. The van der Waals surface area contributed by atoms with Gasteiger partial charge in [0.15, 0.2) is 0 Å². The van der Waals surface area contributed by atoms with Gasteiger partial charge in [0.25, 0.3) is 0 Å². The summed E-state index contributed by atoms with van der Waals surface area (Å²) in [5.74, 6) is 0.964. The lowest BCUT2D eigenvalue weighted by Gasteiger charge is -2.34. The Morgan fingerprint density at radius 2 is 1.24 bits per heavy atom. The quantitative estimate of drug-likeness (QED) is 0.173. The van der Waals surface area contributed by atoms with E-state index in [1.165, 1.54) is 86.1 Å². The highest BCUT2D eigenvalue weighted by molar-refractivity contribution is 6.04. The highest BCUT2D eigenvalue weighted by Crippen LogP contribution is 2.55. The number of nitrogens with zero attached hydrogens (tertiary/aromatic N) is 4. The number of H-pyrrole nitrogens is 1. The number of nitrogens with one attached hydrogen (secondary N) is 3. The summed E-state index contributed by atoms with van der Waals surface area (Å²) in [4.78, 5) is 70.8. The minimum absolute atomic E-state index is 0.00453. The topological polar surface area (TPSA) is 158 Å². The molecule has 4 atom stereocenters. The number of hydrogen-bond acceptors (Lipinski definition) is 8. The van der Waals surface area contributed by atoms with Crippen LogP contribution in [0.25, 0.3) is 28.0 Å². The van der Waals surface area contributed by atoms with Gasteiger partial charge in [0.05, 0.1) is 38.2 Å². The maximum Gasteiger partial charge on any atom is 0.407 e. The number of fused-ring (bicyclic) bond motifs is 2. The van der Waals surface area contributed by atoms with E-state index < -0.39 is 24.3 Å². The highest BCUT2D eigenvalue weighted by Gasteiger charge is 2.45. The van der Waals surface area contributed by atoms with E-state index in [4.69, 9.17) is 19.5 Å². The predicted molar refractivity (Wildman–Crippen MR) is 258 cm³/mol. The molecule has 7 aliphatic rings. The third-order valence-corrected chi connectivity index (χ3v) is 16.9. The maximum absolute atomic E-state index is 14.3. The van der Waals surface area contributed by atoms with E-state index in [0.29, 0.717) is 13.1 Å². The lowest BCUT2D eigenvalue weighted by atomic mass is 9.76. The molecule has 67 heavy (non-hydrogen) atoms. The van der Waals surface area contributed by atoms with E-state index in [9.17, 15) is 19.2 Å². The lowest BCUT2D eigenvalue weighted by Crippen LogP contribution is -2.54. The summed E-state index contributed by atoms with van der Waals surface area (Å²) in [5, 5.41) is 5.84. The number of aromatic amines is 1. The van der Waals surface area contributed by atoms with E-state index in [0.717, 1.165) is 119 Å². The third-order valence-electron chi connectivity index (χ3n) is 16.9. The molecule has 13 heteroatoms. The van der Waals surface area contributed by atoms with E-state index >= 15 is 0 Å². The number of likely N-dealkylation sites (tertiary alicyclic amines) is 2. The van der Waals surface area contributed by atoms with Crippen molar-refractivity contribution in [3.63, 3.8) is 0 Å². The first kappa shape index (κ1) is 45.3. The smallest absolute Gasteiger partial charge is 0.407 e. The van der Waals surface area contributed by atoms with E-state index in [1.54, 1.807) is 0 Å². The van der Waals surface area contributed by atoms with Gasteiger partial charge in [-0.15, -0.1) is 0 Å². The monoisotopic (exact) mass is 912 g/mol. The minimum Gasteiger partial charge on any atom is -0.453 e. The van der Waals surface area contributed by atoms with E-state index in [2.05, 4.69) is 58.2 Å². The van der Waals surface area contributed by atoms with Gasteiger partial charge < -0.3 is 34.9 Å². The van der Waals surface area contributed by atoms with Crippen LogP contribution in [0.1, 0.15) is 157 Å². The first-order valence-corrected chi connectivity index (χ1v) is 25.6. The molecule has 10 rings (SSSR count). The van der Waals surface area contributed by atoms with Crippen LogP contribution in [0.4, 0.5) is 9.59 Å². The summed E-state index contributed by atoms with van der Waals surface area (Å²) in [6.07, 6.45) is 24.6. The lowest BCUT2D eigenvalue weighted by molar-refractivity contribution is -0.136. The molecule has 1 aromatic heterocycles. The average molecular weight is 912 g/mol. The fourth-order valence-electron chi connectivity index (χ4n) is 13.5. The molecule has 2 aromatic carbocycles. The van der Waals surface area contributed by atoms with Gasteiger partial charge in [0, 0.05) is 31.4 Å². The molecule has 3 aliphatic heterocycles. The van der Waals surface area contributed by atoms with Crippen LogP contribution in [-0.4, -0.2) is 94.9 Å². The molecule has 1 spiro atoms. The summed E-state index contributed by atoms with van der Waals surface area (Å²) in [5.41, 5.74) is 11.3. The Balaban J connectivity index is 0.860. The summed E-state index contributed by atoms with van der Waals surface area (Å²) in [6.45, 7) is 1.31. The number of carbonyl (C=O) groups is 4. The van der Waals surface area contributed by atoms with Gasteiger partial charge in [0.1, 0.15) is 17.9 Å². The molecule has 13 nitrogen and oxygen atoms in total. The predicted octanol–water partition coefficient (Wildman–Crippen LogP) is 9.95. The highest BCUT2D eigenvalue weighted by atomic mass is 16.5. The zero-order valence-electron chi connectivity index (χ0n) is 39.6. The van der Waals surface area contributed by atoms with Crippen LogP contribution in [0.2, 0.25) is 0 Å². The summed E-state index contributed by atoms with van der Waals surface area (Å²) >= 11 is 0. The van der Waals surface area contributed by atoms with Crippen LogP contribution in [0.3, 0.4) is 0 Å². The van der Waals surface area contributed by atoms with Crippen LogP contribution in [0.15, 0.2) is 53.8 Å². The zero-order chi connectivity index (χ0) is 46.1.